The molecule has 5 heteroatoms. The summed E-state index contributed by atoms with van der Waals surface area (Å²) in [6.45, 7) is 5.80. The van der Waals surface area contributed by atoms with Crippen LogP contribution in [0.1, 0.15) is 31.4 Å². The molecule has 0 spiro atoms. The van der Waals surface area contributed by atoms with Gasteiger partial charge < -0.3 is 4.52 Å². The Morgan fingerprint density at radius 1 is 1.35 bits per heavy atom. The van der Waals surface area contributed by atoms with Gasteiger partial charge in [0.1, 0.15) is 5.75 Å². The van der Waals surface area contributed by atoms with E-state index in [2.05, 4.69) is 6.92 Å². The highest BCUT2D eigenvalue weighted by atomic mass is 31.2. The quantitative estimate of drug-likeness (QED) is 0.794. The molecule has 17 heavy (non-hydrogen) atoms. The van der Waals surface area contributed by atoms with E-state index in [1.165, 1.54) is 0 Å². The topological polar surface area (TPSA) is 55.8 Å². The molecule has 1 aromatic rings. The molecule has 1 aromatic carbocycles. The fourth-order valence-electron chi connectivity index (χ4n) is 1.65. The molecule has 0 bridgehead atoms. The molecule has 0 fully saturated rings. The molecule has 0 aliphatic heterocycles. The summed E-state index contributed by atoms with van der Waals surface area (Å²) in [6.07, 6.45) is 1.76. The largest absolute Gasteiger partial charge is 0.527 e. The fourth-order valence-corrected chi connectivity index (χ4v) is 2.44. The molecule has 96 valence electrons. The van der Waals surface area contributed by atoms with Crippen molar-refractivity contribution in [2.24, 2.45) is 0 Å². The first-order chi connectivity index (χ1) is 8.00. The third kappa shape index (κ3) is 4.15. The molecule has 4 nitrogen and oxygen atoms in total. The van der Waals surface area contributed by atoms with Crippen molar-refractivity contribution in [3.63, 3.8) is 0 Å². The van der Waals surface area contributed by atoms with Crippen LogP contribution in [0.15, 0.2) is 18.2 Å². The van der Waals surface area contributed by atoms with E-state index in [9.17, 15) is 9.46 Å². The smallest absolute Gasteiger partial charge is 0.404 e. The maximum Gasteiger partial charge on any atom is 0.527 e. The van der Waals surface area contributed by atoms with Crippen molar-refractivity contribution in [2.75, 3.05) is 6.61 Å². The van der Waals surface area contributed by atoms with E-state index in [0.29, 0.717) is 5.75 Å². The SMILES string of the molecule is CCCc1c(C)cccc1OP(=O)(O)OCC. The number of rotatable bonds is 6. The lowest BCUT2D eigenvalue weighted by atomic mass is 10.0. The summed E-state index contributed by atoms with van der Waals surface area (Å²) in [5, 5.41) is 0. The lowest BCUT2D eigenvalue weighted by Gasteiger charge is -2.16. The maximum atomic E-state index is 11.6. The molecular formula is C12H19O4P. The Bertz CT molecular complexity index is 417. The van der Waals surface area contributed by atoms with Gasteiger partial charge in [-0.1, -0.05) is 25.5 Å². The molecule has 1 N–H and O–H groups in total. The van der Waals surface area contributed by atoms with Crippen LogP contribution in [-0.4, -0.2) is 11.5 Å². The highest BCUT2D eigenvalue weighted by Crippen LogP contribution is 2.45. The Labute approximate surface area is 102 Å². The standard InChI is InChI=1S/C12H19O4P/c1-4-7-11-10(3)8-6-9-12(11)16-17(13,14)15-5-2/h6,8-9H,4-5,7H2,1-3H3,(H,13,14). The molecule has 0 saturated carbocycles. The molecule has 0 heterocycles. The Morgan fingerprint density at radius 2 is 2.06 bits per heavy atom. The normalized spacial score (nSPS) is 14.4. The molecule has 0 amide bonds. The van der Waals surface area contributed by atoms with Gasteiger partial charge in [-0.15, -0.1) is 0 Å². The highest BCUT2D eigenvalue weighted by molar-refractivity contribution is 7.47. The van der Waals surface area contributed by atoms with Gasteiger partial charge >= 0.3 is 7.82 Å². The zero-order valence-corrected chi connectivity index (χ0v) is 11.4. The predicted octanol–water partition coefficient (Wildman–Crippen LogP) is 3.46. The average molecular weight is 258 g/mol. The van der Waals surface area contributed by atoms with Crippen LogP contribution in [0.3, 0.4) is 0 Å². The minimum atomic E-state index is -3.98. The second-order valence-electron chi connectivity index (χ2n) is 3.78. The van der Waals surface area contributed by atoms with Gasteiger partial charge in [0, 0.05) is 0 Å². The number of phosphoric acid groups is 1. The molecule has 0 saturated heterocycles. The molecule has 0 aromatic heterocycles. The molecule has 1 atom stereocenters. The number of benzene rings is 1. The lowest BCUT2D eigenvalue weighted by molar-refractivity contribution is 0.212. The molecule has 0 radical (unpaired) electrons. The minimum Gasteiger partial charge on any atom is -0.404 e. The zero-order chi connectivity index (χ0) is 12.9. The summed E-state index contributed by atoms with van der Waals surface area (Å²) < 4.78 is 21.4. The van der Waals surface area contributed by atoms with Crippen molar-refractivity contribution >= 4 is 7.82 Å². The van der Waals surface area contributed by atoms with Crippen molar-refractivity contribution < 1.29 is 18.5 Å². The third-order valence-corrected chi connectivity index (χ3v) is 3.39. The summed E-state index contributed by atoms with van der Waals surface area (Å²) in [5.41, 5.74) is 2.02. The van der Waals surface area contributed by atoms with Crippen LogP contribution in [0.2, 0.25) is 0 Å². The van der Waals surface area contributed by atoms with Gasteiger partial charge in [0.05, 0.1) is 6.61 Å². The highest BCUT2D eigenvalue weighted by Gasteiger charge is 2.23. The average Bonchev–Trinajstić information content (AvgIpc) is 2.22. The summed E-state index contributed by atoms with van der Waals surface area (Å²) in [6, 6.07) is 5.45. The van der Waals surface area contributed by atoms with Gasteiger partial charge in [0.15, 0.2) is 0 Å². The summed E-state index contributed by atoms with van der Waals surface area (Å²) in [4.78, 5) is 9.46. The van der Waals surface area contributed by atoms with Crippen LogP contribution in [-0.2, 0) is 15.5 Å². The summed E-state index contributed by atoms with van der Waals surface area (Å²) in [7, 11) is -3.98. The van der Waals surface area contributed by atoms with Gasteiger partial charge in [-0.2, -0.15) is 0 Å². The van der Waals surface area contributed by atoms with Gasteiger partial charge in [-0.25, -0.2) is 4.57 Å². The summed E-state index contributed by atoms with van der Waals surface area (Å²) in [5.74, 6) is 0.436. The Balaban J connectivity index is 2.97. The van der Waals surface area contributed by atoms with E-state index in [-0.39, 0.29) is 6.61 Å². The van der Waals surface area contributed by atoms with Crippen LogP contribution in [0.25, 0.3) is 0 Å². The van der Waals surface area contributed by atoms with E-state index < -0.39 is 7.82 Å². The second kappa shape index (κ2) is 6.20. The van der Waals surface area contributed by atoms with Crippen LogP contribution in [0.4, 0.5) is 0 Å². The Kier molecular flexibility index (Phi) is 5.19. The molecule has 1 rings (SSSR count). The molecule has 0 aliphatic rings. The maximum absolute atomic E-state index is 11.6. The van der Waals surface area contributed by atoms with Gasteiger partial charge in [-0.05, 0) is 37.5 Å². The van der Waals surface area contributed by atoms with Crippen molar-refractivity contribution in [3.8, 4) is 5.75 Å². The zero-order valence-electron chi connectivity index (χ0n) is 10.5. The van der Waals surface area contributed by atoms with E-state index in [1.807, 2.05) is 13.0 Å². The predicted molar refractivity (Wildman–Crippen MR) is 67.3 cm³/mol. The van der Waals surface area contributed by atoms with Crippen LogP contribution in [0.5, 0.6) is 5.75 Å². The molecule has 0 aliphatic carbocycles. The van der Waals surface area contributed by atoms with E-state index >= 15 is 0 Å². The van der Waals surface area contributed by atoms with Gasteiger partial charge in [0.25, 0.3) is 0 Å². The van der Waals surface area contributed by atoms with Gasteiger partial charge in [0.2, 0.25) is 0 Å². The van der Waals surface area contributed by atoms with E-state index in [0.717, 1.165) is 24.0 Å². The molecule has 1 unspecified atom stereocenters. The third-order valence-electron chi connectivity index (χ3n) is 2.37. The van der Waals surface area contributed by atoms with Gasteiger partial charge in [-0.3, -0.25) is 9.42 Å². The first-order valence-electron chi connectivity index (χ1n) is 5.75. The van der Waals surface area contributed by atoms with Crippen molar-refractivity contribution in [1.29, 1.82) is 0 Å². The Hall–Kier alpha value is -0.830. The monoisotopic (exact) mass is 258 g/mol. The van der Waals surface area contributed by atoms with E-state index in [1.54, 1.807) is 19.1 Å². The lowest BCUT2D eigenvalue weighted by Crippen LogP contribution is -2.00. The number of phosphoric ester groups is 1. The molecular weight excluding hydrogens is 239 g/mol. The van der Waals surface area contributed by atoms with Crippen molar-refractivity contribution in [3.05, 3.63) is 29.3 Å². The van der Waals surface area contributed by atoms with Crippen LogP contribution >= 0.6 is 7.82 Å². The van der Waals surface area contributed by atoms with Crippen LogP contribution in [0, 0.1) is 6.92 Å². The van der Waals surface area contributed by atoms with Crippen molar-refractivity contribution in [1.82, 2.24) is 0 Å². The summed E-state index contributed by atoms with van der Waals surface area (Å²) >= 11 is 0. The van der Waals surface area contributed by atoms with E-state index in [4.69, 9.17) is 9.05 Å². The van der Waals surface area contributed by atoms with Crippen LogP contribution < -0.4 is 4.52 Å². The number of aryl methyl sites for hydroxylation is 1. The van der Waals surface area contributed by atoms with Crippen molar-refractivity contribution in [2.45, 2.75) is 33.6 Å². The Morgan fingerprint density at radius 3 is 2.65 bits per heavy atom. The number of hydrogen-bond acceptors (Lipinski definition) is 3. The number of hydrogen-bond donors (Lipinski definition) is 1. The first-order valence-corrected chi connectivity index (χ1v) is 7.25. The second-order valence-corrected chi connectivity index (χ2v) is 5.16. The first kappa shape index (κ1) is 14.2. The fraction of sp³-hybridized carbons (Fsp3) is 0.500. The minimum absolute atomic E-state index is 0.142.